The molecule has 2 N–H and O–H groups in total. The minimum absolute atomic E-state index is 0.101. The first-order valence-corrected chi connectivity index (χ1v) is 11.4. The summed E-state index contributed by atoms with van der Waals surface area (Å²) < 4.78 is 38.2. The number of ether oxygens (including phenoxy) is 2. The first-order chi connectivity index (χ1) is 16.9. The summed E-state index contributed by atoms with van der Waals surface area (Å²) >= 11 is 0. The molecule has 8 heteroatoms. The number of urea groups is 1. The molecule has 0 bridgehead atoms. The first kappa shape index (κ1) is 24.3. The highest BCUT2D eigenvalue weighted by atomic mass is 19.1. The predicted molar refractivity (Wildman–Crippen MR) is 129 cm³/mol. The number of anilines is 1. The van der Waals surface area contributed by atoms with Gasteiger partial charge in [0, 0.05) is 18.7 Å². The standard InChI is InChI=1S/C27H28F2N2O4/c1-34-24-12-17(13-25(35-2)26(24)32)16-31(27(33)30-23-11-10-20(28)15-22(23)29)21-9-5-8-18-6-3-4-7-19(18)14-21/h3-4,6-7,10-13,15,21,32H,5,8-9,14,16H2,1-2H3,(H,30,33). The van der Waals surface area contributed by atoms with E-state index in [2.05, 4.69) is 17.4 Å². The van der Waals surface area contributed by atoms with Crippen LogP contribution in [0.1, 0.15) is 29.5 Å². The molecule has 1 aliphatic rings. The number of amides is 2. The van der Waals surface area contributed by atoms with Crippen LogP contribution in [0.4, 0.5) is 19.3 Å². The van der Waals surface area contributed by atoms with E-state index in [4.69, 9.17) is 9.47 Å². The molecule has 35 heavy (non-hydrogen) atoms. The van der Waals surface area contributed by atoms with Gasteiger partial charge in [0.2, 0.25) is 5.75 Å². The molecule has 4 rings (SSSR count). The quantitative estimate of drug-likeness (QED) is 0.444. The highest BCUT2D eigenvalue weighted by Gasteiger charge is 2.28. The summed E-state index contributed by atoms with van der Waals surface area (Å²) in [6.45, 7) is 0.161. The highest BCUT2D eigenvalue weighted by Crippen LogP contribution is 2.38. The van der Waals surface area contributed by atoms with Crippen LogP contribution in [0.5, 0.6) is 17.2 Å². The van der Waals surface area contributed by atoms with Crippen LogP contribution in [0.2, 0.25) is 0 Å². The van der Waals surface area contributed by atoms with Gasteiger partial charge in [0.15, 0.2) is 11.5 Å². The number of rotatable bonds is 6. The molecular weight excluding hydrogens is 454 g/mol. The Morgan fingerprint density at radius 3 is 2.40 bits per heavy atom. The van der Waals surface area contributed by atoms with Crippen molar-refractivity contribution in [2.75, 3.05) is 19.5 Å². The van der Waals surface area contributed by atoms with Gasteiger partial charge in [0.25, 0.3) is 0 Å². The third-order valence-corrected chi connectivity index (χ3v) is 6.32. The van der Waals surface area contributed by atoms with E-state index in [0.29, 0.717) is 12.0 Å². The normalized spacial score (nSPS) is 15.0. The first-order valence-electron chi connectivity index (χ1n) is 11.4. The van der Waals surface area contributed by atoms with E-state index in [9.17, 15) is 18.7 Å². The van der Waals surface area contributed by atoms with Crippen molar-refractivity contribution in [3.8, 4) is 17.2 Å². The van der Waals surface area contributed by atoms with Crippen LogP contribution < -0.4 is 14.8 Å². The number of benzene rings is 3. The second-order valence-electron chi connectivity index (χ2n) is 8.55. The van der Waals surface area contributed by atoms with Crippen LogP contribution in [-0.2, 0) is 19.4 Å². The molecule has 0 heterocycles. The molecule has 1 unspecified atom stereocenters. The Kier molecular flexibility index (Phi) is 7.39. The number of hydrogen-bond donors (Lipinski definition) is 2. The van der Waals surface area contributed by atoms with Crippen molar-refractivity contribution in [1.29, 1.82) is 0 Å². The molecule has 0 fully saturated rings. The molecule has 1 aliphatic carbocycles. The number of aryl methyl sites for hydroxylation is 1. The summed E-state index contributed by atoms with van der Waals surface area (Å²) in [5.41, 5.74) is 2.99. The number of carbonyl (C=O) groups is 1. The summed E-state index contributed by atoms with van der Waals surface area (Å²) in [6.07, 6.45) is 3.19. The zero-order valence-electron chi connectivity index (χ0n) is 19.7. The van der Waals surface area contributed by atoms with Crippen LogP contribution in [0, 0.1) is 11.6 Å². The topological polar surface area (TPSA) is 71.0 Å². The molecule has 0 spiro atoms. The average Bonchev–Trinajstić information content (AvgIpc) is 3.07. The molecule has 184 valence electrons. The molecule has 0 saturated heterocycles. The lowest BCUT2D eigenvalue weighted by Gasteiger charge is -2.32. The van der Waals surface area contributed by atoms with E-state index in [1.807, 2.05) is 12.1 Å². The Labute approximate surface area is 203 Å². The fraction of sp³-hybridized carbons (Fsp3) is 0.296. The van der Waals surface area contributed by atoms with Gasteiger partial charge in [-0.3, -0.25) is 0 Å². The number of carbonyl (C=O) groups excluding carboxylic acids is 1. The zero-order valence-corrected chi connectivity index (χ0v) is 19.7. The monoisotopic (exact) mass is 482 g/mol. The fourth-order valence-electron chi connectivity index (χ4n) is 4.53. The van der Waals surface area contributed by atoms with Crippen molar-refractivity contribution >= 4 is 11.7 Å². The number of nitrogens with zero attached hydrogens (tertiary/aromatic N) is 1. The number of methoxy groups -OCH3 is 2. The van der Waals surface area contributed by atoms with Crippen LogP contribution in [0.25, 0.3) is 0 Å². The highest BCUT2D eigenvalue weighted by molar-refractivity contribution is 5.89. The number of halogens is 2. The van der Waals surface area contributed by atoms with Gasteiger partial charge < -0.3 is 24.8 Å². The molecule has 0 radical (unpaired) electrons. The van der Waals surface area contributed by atoms with Gasteiger partial charge in [-0.2, -0.15) is 0 Å². The second-order valence-corrected chi connectivity index (χ2v) is 8.55. The minimum Gasteiger partial charge on any atom is -0.502 e. The third-order valence-electron chi connectivity index (χ3n) is 6.32. The Hall–Kier alpha value is -3.81. The average molecular weight is 483 g/mol. The van der Waals surface area contributed by atoms with Crippen LogP contribution in [0.15, 0.2) is 54.6 Å². The second kappa shape index (κ2) is 10.6. The Morgan fingerprint density at radius 2 is 1.74 bits per heavy atom. The van der Waals surface area contributed by atoms with E-state index in [-0.39, 0.29) is 35.5 Å². The van der Waals surface area contributed by atoms with E-state index >= 15 is 0 Å². The van der Waals surface area contributed by atoms with E-state index in [0.717, 1.165) is 31.4 Å². The maximum Gasteiger partial charge on any atom is 0.322 e. The van der Waals surface area contributed by atoms with Crippen molar-refractivity contribution in [3.05, 3.63) is 82.9 Å². The van der Waals surface area contributed by atoms with E-state index < -0.39 is 17.7 Å². The predicted octanol–water partition coefficient (Wildman–Crippen LogP) is 5.67. The minimum atomic E-state index is -0.850. The van der Waals surface area contributed by atoms with Gasteiger partial charge in [-0.1, -0.05) is 24.3 Å². The molecule has 0 aromatic heterocycles. The molecular formula is C27H28F2N2O4. The van der Waals surface area contributed by atoms with Crippen LogP contribution in [-0.4, -0.2) is 36.3 Å². The maximum absolute atomic E-state index is 14.3. The maximum atomic E-state index is 14.3. The van der Waals surface area contributed by atoms with E-state index in [1.165, 1.54) is 31.4 Å². The van der Waals surface area contributed by atoms with Crippen LogP contribution >= 0.6 is 0 Å². The van der Waals surface area contributed by atoms with Crippen molar-refractivity contribution in [2.45, 2.75) is 38.3 Å². The third kappa shape index (κ3) is 5.48. The number of nitrogens with one attached hydrogen (secondary N) is 1. The molecule has 0 aliphatic heterocycles. The smallest absolute Gasteiger partial charge is 0.322 e. The number of phenols is 1. The summed E-state index contributed by atoms with van der Waals surface area (Å²) in [5.74, 6) is -1.27. The number of phenolic OH excluding ortho intramolecular Hbond substituents is 1. The van der Waals surface area contributed by atoms with Gasteiger partial charge in [0.05, 0.1) is 19.9 Å². The SMILES string of the molecule is COc1cc(CN(C(=O)Nc2ccc(F)cc2F)C2CCCc3ccccc3C2)cc(OC)c1O. The lowest BCUT2D eigenvalue weighted by atomic mass is 10.0. The molecule has 2 amide bonds. The van der Waals surface area contributed by atoms with Gasteiger partial charge in [-0.15, -0.1) is 0 Å². The lowest BCUT2D eigenvalue weighted by Crippen LogP contribution is -2.43. The summed E-state index contributed by atoms with van der Waals surface area (Å²) in [6, 6.07) is 13.8. The molecule has 6 nitrogen and oxygen atoms in total. The molecule has 3 aromatic carbocycles. The molecule has 3 aromatic rings. The van der Waals surface area contributed by atoms with Crippen molar-refractivity contribution < 1.29 is 28.2 Å². The summed E-state index contributed by atoms with van der Waals surface area (Å²) in [5, 5.41) is 12.9. The number of hydrogen-bond acceptors (Lipinski definition) is 4. The summed E-state index contributed by atoms with van der Waals surface area (Å²) in [7, 11) is 2.87. The van der Waals surface area contributed by atoms with Crippen molar-refractivity contribution in [1.82, 2.24) is 4.90 Å². The zero-order chi connectivity index (χ0) is 24.9. The Morgan fingerprint density at radius 1 is 1.06 bits per heavy atom. The lowest BCUT2D eigenvalue weighted by molar-refractivity contribution is 0.178. The Bertz CT molecular complexity index is 1190. The fourth-order valence-corrected chi connectivity index (χ4v) is 4.53. The van der Waals surface area contributed by atoms with Gasteiger partial charge >= 0.3 is 6.03 Å². The number of aromatic hydroxyl groups is 1. The Balaban J connectivity index is 1.68. The largest absolute Gasteiger partial charge is 0.502 e. The summed E-state index contributed by atoms with van der Waals surface area (Å²) in [4.78, 5) is 15.1. The van der Waals surface area contributed by atoms with Crippen molar-refractivity contribution in [3.63, 3.8) is 0 Å². The van der Waals surface area contributed by atoms with Gasteiger partial charge in [0.1, 0.15) is 11.6 Å². The molecule has 1 atom stereocenters. The van der Waals surface area contributed by atoms with Crippen LogP contribution in [0.3, 0.4) is 0 Å². The van der Waals surface area contributed by atoms with Crippen molar-refractivity contribution in [2.24, 2.45) is 0 Å². The van der Waals surface area contributed by atoms with Gasteiger partial charge in [-0.25, -0.2) is 13.6 Å². The molecule has 0 saturated carbocycles. The number of fused-ring (bicyclic) bond motifs is 1. The van der Waals surface area contributed by atoms with E-state index in [1.54, 1.807) is 17.0 Å². The van der Waals surface area contributed by atoms with Gasteiger partial charge in [-0.05, 0) is 66.6 Å².